The van der Waals surface area contributed by atoms with Crippen molar-refractivity contribution in [3.05, 3.63) is 59.9 Å². The average molecular weight is 425 g/mol. The van der Waals surface area contributed by atoms with Crippen LogP contribution < -0.4 is 24.3 Å². The van der Waals surface area contributed by atoms with Crippen LogP contribution in [0.3, 0.4) is 0 Å². The van der Waals surface area contributed by atoms with Crippen molar-refractivity contribution < 1.29 is 23.7 Å². The molecule has 8 nitrogen and oxygen atoms in total. The minimum atomic E-state index is -0.293. The van der Waals surface area contributed by atoms with Crippen LogP contribution in [0.1, 0.15) is 29.8 Å². The van der Waals surface area contributed by atoms with E-state index < -0.39 is 0 Å². The number of nitrogens with one attached hydrogen (secondary N) is 1. The normalized spacial score (nSPS) is 10.5. The van der Waals surface area contributed by atoms with Crippen molar-refractivity contribution in [3.63, 3.8) is 0 Å². The molecule has 0 aliphatic rings. The molecule has 0 atom stereocenters. The molecule has 0 spiro atoms. The van der Waals surface area contributed by atoms with E-state index in [2.05, 4.69) is 10.4 Å². The minimum absolute atomic E-state index is 0.293. The number of hydrogen-bond acceptors (Lipinski definition) is 6. The molecule has 1 aromatic heterocycles. The largest absolute Gasteiger partial charge is 0.497 e. The van der Waals surface area contributed by atoms with Crippen LogP contribution in [0.15, 0.2) is 48.8 Å². The number of carbonyl (C=O) groups excluding carboxylic acids is 1. The Labute approximate surface area is 181 Å². The number of benzene rings is 2. The van der Waals surface area contributed by atoms with Crippen LogP contribution >= 0.6 is 0 Å². The van der Waals surface area contributed by atoms with E-state index in [4.69, 9.17) is 18.9 Å². The third-order valence-electron chi connectivity index (χ3n) is 4.50. The van der Waals surface area contributed by atoms with E-state index >= 15 is 0 Å². The molecule has 3 aromatic rings. The molecule has 1 amide bonds. The topological polar surface area (TPSA) is 83.8 Å². The van der Waals surface area contributed by atoms with E-state index in [0.29, 0.717) is 48.3 Å². The van der Waals surface area contributed by atoms with Crippen molar-refractivity contribution in [3.8, 4) is 23.0 Å². The lowest BCUT2D eigenvalue weighted by Gasteiger charge is -2.12. The molecule has 1 N–H and O–H groups in total. The van der Waals surface area contributed by atoms with Crippen molar-refractivity contribution >= 4 is 11.6 Å². The highest BCUT2D eigenvalue weighted by Gasteiger charge is 2.15. The number of ether oxygens (including phenoxy) is 4. The molecule has 0 saturated heterocycles. The van der Waals surface area contributed by atoms with E-state index in [1.807, 2.05) is 32.0 Å². The summed E-state index contributed by atoms with van der Waals surface area (Å²) in [6, 6.07) is 10.8. The smallest absolute Gasteiger partial charge is 0.259 e. The van der Waals surface area contributed by atoms with E-state index in [-0.39, 0.29) is 5.91 Å². The number of aromatic nitrogens is 2. The van der Waals surface area contributed by atoms with E-state index in [1.165, 1.54) is 7.11 Å². The lowest BCUT2D eigenvalue weighted by atomic mass is 10.1. The number of methoxy groups -OCH3 is 2. The van der Waals surface area contributed by atoms with Gasteiger partial charge in [-0.3, -0.25) is 9.48 Å². The first kappa shape index (κ1) is 22.0. The number of nitrogens with zero attached hydrogens (tertiary/aromatic N) is 2. The van der Waals surface area contributed by atoms with Gasteiger partial charge in [-0.1, -0.05) is 6.07 Å². The first-order valence-corrected chi connectivity index (χ1v) is 10.0. The summed E-state index contributed by atoms with van der Waals surface area (Å²) in [5.74, 6) is 2.17. The van der Waals surface area contributed by atoms with Crippen molar-refractivity contribution in [2.75, 3.05) is 32.8 Å². The summed E-state index contributed by atoms with van der Waals surface area (Å²) >= 11 is 0. The Morgan fingerprint density at radius 3 is 2.45 bits per heavy atom. The Hall–Kier alpha value is -3.68. The highest BCUT2D eigenvalue weighted by atomic mass is 16.5. The highest BCUT2D eigenvalue weighted by molar-refractivity contribution is 6.06. The monoisotopic (exact) mass is 425 g/mol. The van der Waals surface area contributed by atoms with Crippen LogP contribution in [0, 0.1) is 0 Å². The highest BCUT2D eigenvalue weighted by Crippen LogP contribution is 2.29. The fourth-order valence-electron chi connectivity index (χ4n) is 3.08. The molecular weight excluding hydrogens is 398 g/mol. The van der Waals surface area contributed by atoms with Gasteiger partial charge in [0.2, 0.25) is 0 Å². The van der Waals surface area contributed by atoms with Crippen molar-refractivity contribution in [2.24, 2.45) is 0 Å². The van der Waals surface area contributed by atoms with Crippen LogP contribution in [0.5, 0.6) is 23.0 Å². The zero-order valence-corrected chi connectivity index (χ0v) is 18.2. The minimum Gasteiger partial charge on any atom is -0.497 e. The summed E-state index contributed by atoms with van der Waals surface area (Å²) in [4.78, 5) is 12.7. The third-order valence-corrected chi connectivity index (χ3v) is 4.50. The van der Waals surface area contributed by atoms with E-state index in [1.54, 1.807) is 42.4 Å². The summed E-state index contributed by atoms with van der Waals surface area (Å²) < 4.78 is 23.5. The lowest BCUT2D eigenvalue weighted by Crippen LogP contribution is -2.13. The van der Waals surface area contributed by atoms with Gasteiger partial charge in [0.1, 0.15) is 11.5 Å². The number of carbonyl (C=O) groups is 1. The van der Waals surface area contributed by atoms with E-state index in [0.717, 1.165) is 11.3 Å². The van der Waals surface area contributed by atoms with Crippen molar-refractivity contribution in [1.82, 2.24) is 9.78 Å². The zero-order valence-electron chi connectivity index (χ0n) is 18.2. The van der Waals surface area contributed by atoms with Gasteiger partial charge in [0.25, 0.3) is 5.91 Å². The fraction of sp³-hybridized carbons (Fsp3) is 0.304. The van der Waals surface area contributed by atoms with Gasteiger partial charge in [-0.15, -0.1) is 0 Å². The first-order chi connectivity index (χ1) is 15.1. The standard InChI is InChI=1S/C23H27N3O5/c1-5-30-20-10-7-16(11-22(20)31-6-2)14-26-15-17(13-24-26)25-23(27)19-9-8-18(28-3)12-21(19)29-4/h7-13,15H,5-6,14H2,1-4H3,(H,25,27). The Balaban J connectivity index is 1.71. The molecule has 0 saturated carbocycles. The second-order valence-electron chi connectivity index (χ2n) is 6.59. The van der Waals surface area contributed by atoms with Crippen LogP contribution in [0.2, 0.25) is 0 Å². The van der Waals surface area contributed by atoms with E-state index in [9.17, 15) is 4.79 Å². The molecule has 31 heavy (non-hydrogen) atoms. The second kappa shape index (κ2) is 10.4. The van der Waals surface area contributed by atoms with Crippen LogP contribution in [-0.4, -0.2) is 43.1 Å². The maximum Gasteiger partial charge on any atom is 0.259 e. The Kier molecular flexibility index (Phi) is 7.37. The third kappa shape index (κ3) is 5.48. The molecule has 1 heterocycles. The van der Waals surface area contributed by atoms with Gasteiger partial charge in [-0.2, -0.15) is 5.10 Å². The summed E-state index contributed by atoms with van der Waals surface area (Å²) in [5.41, 5.74) is 1.99. The number of amides is 1. The number of anilines is 1. The quantitative estimate of drug-likeness (QED) is 0.529. The number of rotatable bonds is 10. The van der Waals surface area contributed by atoms with Crippen molar-refractivity contribution in [2.45, 2.75) is 20.4 Å². The summed E-state index contributed by atoms with van der Waals surface area (Å²) in [5, 5.41) is 7.19. The molecule has 0 fully saturated rings. The van der Waals surface area contributed by atoms with Gasteiger partial charge >= 0.3 is 0 Å². The maximum absolute atomic E-state index is 12.7. The Bertz CT molecular complexity index is 1030. The molecule has 0 bridgehead atoms. The van der Waals surface area contributed by atoms with Crippen molar-refractivity contribution in [1.29, 1.82) is 0 Å². The van der Waals surface area contributed by atoms with Gasteiger partial charge in [0.05, 0.1) is 51.4 Å². The predicted molar refractivity (Wildman–Crippen MR) is 118 cm³/mol. The van der Waals surface area contributed by atoms with Crippen LogP contribution in [0.4, 0.5) is 5.69 Å². The van der Waals surface area contributed by atoms with Gasteiger partial charge < -0.3 is 24.3 Å². The maximum atomic E-state index is 12.7. The number of hydrogen-bond donors (Lipinski definition) is 1. The molecule has 0 unspecified atom stereocenters. The molecule has 2 aromatic carbocycles. The summed E-state index contributed by atoms with van der Waals surface area (Å²) in [7, 11) is 3.07. The lowest BCUT2D eigenvalue weighted by molar-refractivity contribution is 0.102. The van der Waals surface area contributed by atoms with Gasteiger partial charge in [0.15, 0.2) is 11.5 Å². The van der Waals surface area contributed by atoms with Gasteiger partial charge in [-0.25, -0.2) is 0 Å². The molecule has 0 aliphatic heterocycles. The molecule has 8 heteroatoms. The molecular formula is C23H27N3O5. The average Bonchev–Trinajstić information content (AvgIpc) is 3.21. The SMILES string of the molecule is CCOc1ccc(Cn2cc(NC(=O)c3ccc(OC)cc3OC)cn2)cc1OCC. The molecule has 3 rings (SSSR count). The molecule has 0 aliphatic carbocycles. The predicted octanol–water partition coefficient (Wildman–Crippen LogP) is 4.00. The van der Waals surface area contributed by atoms with Gasteiger partial charge in [0, 0.05) is 12.3 Å². The van der Waals surface area contributed by atoms with Crippen LogP contribution in [0.25, 0.3) is 0 Å². The van der Waals surface area contributed by atoms with Crippen LogP contribution in [-0.2, 0) is 6.54 Å². The Morgan fingerprint density at radius 1 is 0.968 bits per heavy atom. The molecule has 0 radical (unpaired) electrons. The second-order valence-corrected chi connectivity index (χ2v) is 6.59. The van der Waals surface area contributed by atoms with Gasteiger partial charge in [-0.05, 0) is 43.7 Å². The summed E-state index contributed by atoms with van der Waals surface area (Å²) in [6.07, 6.45) is 3.37. The first-order valence-electron chi connectivity index (χ1n) is 10.0. The molecule has 164 valence electrons. The zero-order chi connectivity index (χ0) is 22.2. The fourth-order valence-corrected chi connectivity index (χ4v) is 3.08. The Morgan fingerprint density at radius 2 is 1.74 bits per heavy atom. The summed E-state index contributed by atoms with van der Waals surface area (Å²) in [6.45, 7) is 5.51.